The normalized spacial score (nSPS) is 21.9. The third-order valence-electron chi connectivity index (χ3n) is 4.97. The summed E-state index contributed by atoms with van der Waals surface area (Å²) in [6, 6.07) is 0. The Balaban J connectivity index is 2.75. The second kappa shape index (κ2) is 10.7. The highest BCUT2D eigenvalue weighted by Crippen LogP contribution is 2.25. The molecule has 1 heterocycles. The lowest BCUT2D eigenvalue weighted by Gasteiger charge is -2.34. The van der Waals surface area contributed by atoms with Gasteiger partial charge < -0.3 is 25.1 Å². The van der Waals surface area contributed by atoms with Crippen molar-refractivity contribution in [2.24, 2.45) is 5.92 Å². The first-order valence-electron chi connectivity index (χ1n) is 9.29. The van der Waals surface area contributed by atoms with Crippen molar-refractivity contribution in [2.45, 2.75) is 64.0 Å². The molecule has 0 aromatic rings. The van der Waals surface area contributed by atoms with Gasteiger partial charge in [0.25, 0.3) is 0 Å². The van der Waals surface area contributed by atoms with Gasteiger partial charge in [0.05, 0.1) is 12.7 Å². The molecule has 1 saturated heterocycles. The van der Waals surface area contributed by atoms with Crippen molar-refractivity contribution in [2.75, 3.05) is 33.8 Å². The zero-order valence-electron chi connectivity index (χ0n) is 15.9. The zero-order chi connectivity index (χ0) is 18.0. The number of nitrogens with one attached hydrogen (secondary N) is 3. The molecule has 0 spiro atoms. The summed E-state index contributed by atoms with van der Waals surface area (Å²) in [5.41, 5.74) is -0.824. The minimum Gasteiger partial charge on any atom is -0.374 e. The van der Waals surface area contributed by atoms with Gasteiger partial charge in [-0.25, -0.2) is 0 Å². The van der Waals surface area contributed by atoms with Gasteiger partial charge in [0.2, 0.25) is 0 Å². The van der Waals surface area contributed by atoms with Gasteiger partial charge in [-0.1, -0.05) is 39.5 Å². The fraction of sp³-hybridized carbons (Fsp3) is 0.889. The van der Waals surface area contributed by atoms with Gasteiger partial charge in [0, 0.05) is 20.1 Å². The van der Waals surface area contributed by atoms with E-state index in [0.717, 1.165) is 45.1 Å². The average molecular weight is 341 g/mol. The van der Waals surface area contributed by atoms with E-state index in [1.807, 2.05) is 0 Å². The van der Waals surface area contributed by atoms with Crippen molar-refractivity contribution in [3.05, 3.63) is 0 Å². The fourth-order valence-corrected chi connectivity index (χ4v) is 3.32. The number of likely N-dealkylation sites (N-methyl/N-ethyl adjacent to an activating group) is 1. The molecule has 24 heavy (non-hydrogen) atoms. The summed E-state index contributed by atoms with van der Waals surface area (Å²) in [6.45, 7) is 6.63. The number of unbranched alkanes of at least 4 members (excludes halogenated alkanes) is 1. The summed E-state index contributed by atoms with van der Waals surface area (Å²) in [6.07, 6.45) is 7.32. The highest BCUT2D eigenvalue weighted by molar-refractivity contribution is 5.82. The molecule has 1 fully saturated rings. The Bertz CT molecular complexity index is 391. The first-order chi connectivity index (χ1) is 11.5. The average Bonchev–Trinajstić information content (AvgIpc) is 3.01. The van der Waals surface area contributed by atoms with Gasteiger partial charge in [0.15, 0.2) is 5.96 Å². The van der Waals surface area contributed by atoms with Crippen LogP contribution in [-0.4, -0.2) is 62.6 Å². The maximum absolute atomic E-state index is 12.0. The molecule has 1 aliphatic heterocycles. The standard InChI is InChI=1S/C18H36N4O2/c1-5-7-8-15(6-2)11-18(13-23,21-17(19)20-3)14-24-16-9-10-22(4)12-16/h13,15-16H,5-12,14H2,1-4H3,(H3,19,20,21). The number of ether oxygens (including phenoxy) is 1. The number of carbonyl (C=O) groups excluding carboxylic acids is 1. The van der Waals surface area contributed by atoms with E-state index in [4.69, 9.17) is 10.1 Å². The third-order valence-corrected chi connectivity index (χ3v) is 4.97. The number of guanidine groups is 1. The van der Waals surface area contributed by atoms with Crippen LogP contribution >= 0.6 is 0 Å². The Morgan fingerprint density at radius 2 is 2.25 bits per heavy atom. The first kappa shape index (κ1) is 20.9. The molecule has 0 radical (unpaired) electrons. The lowest BCUT2D eigenvalue weighted by atomic mass is 9.84. The highest BCUT2D eigenvalue weighted by Gasteiger charge is 2.35. The van der Waals surface area contributed by atoms with Crippen molar-refractivity contribution in [3.63, 3.8) is 0 Å². The summed E-state index contributed by atoms with van der Waals surface area (Å²) >= 11 is 0. The lowest BCUT2D eigenvalue weighted by molar-refractivity contribution is -0.117. The molecule has 0 aliphatic carbocycles. The van der Waals surface area contributed by atoms with Gasteiger partial charge in [-0.3, -0.25) is 5.41 Å². The molecular weight excluding hydrogens is 304 g/mol. The predicted molar refractivity (Wildman–Crippen MR) is 98.5 cm³/mol. The van der Waals surface area contributed by atoms with Crippen LogP contribution in [0.2, 0.25) is 0 Å². The van der Waals surface area contributed by atoms with Crippen molar-refractivity contribution in [3.8, 4) is 0 Å². The van der Waals surface area contributed by atoms with Crippen LogP contribution < -0.4 is 10.6 Å². The molecule has 6 nitrogen and oxygen atoms in total. The molecule has 3 unspecified atom stereocenters. The number of rotatable bonds is 11. The van der Waals surface area contributed by atoms with E-state index in [0.29, 0.717) is 18.9 Å². The second-order valence-electron chi connectivity index (χ2n) is 7.13. The Labute approximate surface area is 147 Å². The van der Waals surface area contributed by atoms with Gasteiger partial charge in [-0.15, -0.1) is 0 Å². The van der Waals surface area contributed by atoms with E-state index in [1.165, 1.54) is 6.42 Å². The smallest absolute Gasteiger partial charge is 0.188 e. The lowest BCUT2D eigenvalue weighted by Crippen LogP contribution is -2.57. The highest BCUT2D eigenvalue weighted by atomic mass is 16.5. The maximum Gasteiger partial charge on any atom is 0.188 e. The van der Waals surface area contributed by atoms with Crippen molar-refractivity contribution in [1.82, 2.24) is 15.5 Å². The van der Waals surface area contributed by atoms with E-state index in [9.17, 15) is 4.79 Å². The summed E-state index contributed by atoms with van der Waals surface area (Å²) in [7, 11) is 3.77. The number of nitrogens with zero attached hydrogens (tertiary/aromatic N) is 1. The summed E-state index contributed by atoms with van der Waals surface area (Å²) in [5, 5.41) is 13.8. The third kappa shape index (κ3) is 6.77. The molecule has 0 aromatic carbocycles. The van der Waals surface area contributed by atoms with Crippen LogP contribution in [0.4, 0.5) is 0 Å². The Kier molecular flexibility index (Phi) is 9.29. The van der Waals surface area contributed by atoms with Crippen LogP contribution in [0.5, 0.6) is 0 Å². The van der Waals surface area contributed by atoms with Crippen molar-refractivity contribution >= 4 is 12.2 Å². The van der Waals surface area contributed by atoms with Crippen LogP contribution in [0.15, 0.2) is 0 Å². The summed E-state index contributed by atoms with van der Waals surface area (Å²) < 4.78 is 6.07. The second-order valence-corrected chi connectivity index (χ2v) is 7.13. The van der Waals surface area contributed by atoms with Crippen LogP contribution in [-0.2, 0) is 9.53 Å². The summed E-state index contributed by atoms with van der Waals surface area (Å²) in [4.78, 5) is 14.2. The van der Waals surface area contributed by atoms with E-state index >= 15 is 0 Å². The Morgan fingerprint density at radius 1 is 1.50 bits per heavy atom. The SMILES string of the molecule is CCCCC(CC)CC(C=O)(COC1CCN(C)C1)NC(=N)NC. The zero-order valence-corrected chi connectivity index (χ0v) is 15.9. The van der Waals surface area contributed by atoms with Crippen LogP contribution in [0, 0.1) is 11.3 Å². The molecule has 0 bridgehead atoms. The molecule has 6 heteroatoms. The van der Waals surface area contributed by atoms with Gasteiger partial charge in [-0.2, -0.15) is 0 Å². The molecule has 1 rings (SSSR count). The number of likely N-dealkylation sites (tertiary alicyclic amines) is 1. The molecule has 0 amide bonds. The van der Waals surface area contributed by atoms with Gasteiger partial charge in [-0.05, 0) is 25.8 Å². The molecule has 140 valence electrons. The fourth-order valence-electron chi connectivity index (χ4n) is 3.32. The Hall–Kier alpha value is -1.14. The van der Waals surface area contributed by atoms with Crippen LogP contribution in [0.3, 0.4) is 0 Å². The minimum absolute atomic E-state index is 0.166. The largest absolute Gasteiger partial charge is 0.374 e. The van der Waals surface area contributed by atoms with Gasteiger partial charge in [0.1, 0.15) is 11.8 Å². The van der Waals surface area contributed by atoms with Crippen LogP contribution in [0.25, 0.3) is 0 Å². The first-order valence-corrected chi connectivity index (χ1v) is 9.29. The molecule has 0 aromatic heterocycles. The molecule has 1 aliphatic rings. The topological polar surface area (TPSA) is 77.5 Å². The monoisotopic (exact) mass is 340 g/mol. The van der Waals surface area contributed by atoms with E-state index in [1.54, 1.807) is 7.05 Å². The van der Waals surface area contributed by atoms with E-state index in [-0.39, 0.29) is 12.1 Å². The van der Waals surface area contributed by atoms with E-state index in [2.05, 4.69) is 36.4 Å². The molecule has 0 saturated carbocycles. The van der Waals surface area contributed by atoms with E-state index < -0.39 is 5.54 Å². The number of aldehydes is 1. The number of hydrogen-bond donors (Lipinski definition) is 3. The number of carbonyl (C=O) groups is 1. The van der Waals surface area contributed by atoms with Gasteiger partial charge >= 0.3 is 0 Å². The summed E-state index contributed by atoms with van der Waals surface area (Å²) in [5.74, 6) is 0.627. The number of hydrogen-bond acceptors (Lipinski definition) is 4. The quantitative estimate of drug-likeness (QED) is 0.305. The molecule has 3 atom stereocenters. The molecular formula is C18H36N4O2. The maximum atomic E-state index is 12.0. The van der Waals surface area contributed by atoms with Crippen molar-refractivity contribution < 1.29 is 9.53 Å². The molecule has 3 N–H and O–H groups in total. The Morgan fingerprint density at radius 3 is 2.75 bits per heavy atom. The predicted octanol–water partition coefficient (Wildman–Crippen LogP) is 2.00. The van der Waals surface area contributed by atoms with Crippen LogP contribution in [0.1, 0.15) is 52.4 Å². The van der Waals surface area contributed by atoms with Crippen molar-refractivity contribution in [1.29, 1.82) is 5.41 Å². The minimum atomic E-state index is -0.824.